The average Bonchev–Trinajstić information content (AvgIpc) is 3.20. The molecule has 1 saturated carbocycles. The largest absolute Gasteiger partial charge is 0.369 e. The molecule has 0 spiro atoms. The van der Waals surface area contributed by atoms with Gasteiger partial charge in [-0.3, -0.25) is 25.3 Å². The number of nitrogens with zero attached hydrogens (tertiary/aromatic N) is 2. The molecule has 136 valence electrons. The van der Waals surface area contributed by atoms with Crippen molar-refractivity contribution in [2.24, 2.45) is 5.92 Å². The van der Waals surface area contributed by atoms with Crippen LogP contribution in [0, 0.1) is 5.92 Å². The number of benzene rings is 1. The van der Waals surface area contributed by atoms with Gasteiger partial charge in [-0.2, -0.15) is 0 Å². The third-order valence-corrected chi connectivity index (χ3v) is 5.20. The Balaban J connectivity index is 1.31. The van der Waals surface area contributed by atoms with Gasteiger partial charge in [-0.05, 0) is 25.0 Å². The van der Waals surface area contributed by atoms with E-state index in [9.17, 15) is 9.59 Å². The van der Waals surface area contributed by atoms with E-state index in [4.69, 9.17) is 0 Å². The van der Waals surface area contributed by atoms with Gasteiger partial charge < -0.3 is 4.90 Å². The summed E-state index contributed by atoms with van der Waals surface area (Å²) in [6.07, 6.45) is 4.51. The van der Waals surface area contributed by atoms with Gasteiger partial charge in [0, 0.05) is 50.7 Å². The molecule has 6 nitrogen and oxygen atoms in total. The number of carbonyl (C=O) groups is 2. The maximum absolute atomic E-state index is 11.9. The summed E-state index contributed by atoms with van der Waals surface area (Å²) >= 11 is 0. The van der Waals surface area contributed by atoms with Crippen LogP contribution in [0.4, 0.5) is 5.69 Å². The van der Waals surface area contributed by atoms with E-state index in [1.54, 1.807) is 0 Å². The lowest BCUT2D eigenvalue weighted by Gasteiger charge is -2.36. The van der Waals surface area contributed by atoms with Crippen molar-refractivity contribution < 1.29 is 9.59 Å². The number of amides is 2. The van der Waals surface area contributed by atoms with Gasteiger partial charge in [0.25, 0.3) is 0 Å². The van der Waals surface area contributed by atoms with Crippen LogP contribution in [0.2, 0.25) is 0 Å². The second-order valence-corrected chi connectivity index (χ2v) is 6.93. The zero-order valence-electron chi connectivity index (χ0n) is 14.7. The first kappa shape index (κ1) is 17.7. The highest BCUT2D eigenvalue weighted by Crippen LogP contribution is 2.24. The van der Waals surface area contributed by atoms with Crippen LogP contribution in [0.5, 0.6) is 0 Å². The molecule has 0 aromatic heterocycles. The summed E-state index contributed by atoms with van der Waals surface area (Å²) in [5, 5.41) is 0. The van der Waals surface area contributed by atoms with E-state index >= 15 is 0 Å². The van der Waals surface area contributed by atoms with Crippen LogP contribution in [0.25, 0.3) is 0 Å². The highest BCUT2D eigenvalue weighted by Gasteiger charge is 2.23. The molecule has 1 aliphatic carbocycles. The number of hydrogen-bond donors (Lipinski definition) is 2. The van der Waals surface area contributed by atoms with Gasteiger partial charge in [0.05, 0.1) is 0 Å². The van der Waals surface area contributed by atoms with Gasteiger partial charge in [0.1, 0.15) is 0 Å². The predicted molar refractivity (Wildman–Crippen MR) is 98.0 cm³/mol. The van der Waals surface area contributed by atoms with E-state index in [0.29, 0.717) is 6.42 Å². The van der Waals surface area contributed by atoms with E-state index in [-0.39, 0.29) is 17.7 Å². The first-order valence-electron chi connectivity index (χ1n) is 9.33. The Morgan fingerprint density at radius 1 is 0.960 bits per heavy atom. The van der Waals surface area contributed by atoms with Crippen molar-refractivity contribution in [1.82, 2.24) is 15.8 Å². The molecule has 1 aliphatic heterocycles. The lowest BCUT2D eigenvalue weighted by atomic mass is 10.1. The van der Waals surface area contributed by atoms with Crippen molar-refractivity contribution in [3.8, 4) is 0 Å². The standard InChI is InChI=1S/C19H28N4O2/c24-18(20-21-19(25)16-6-4-5-7-16)10-11-22-12-14-23(15-13-22)17-8-2-1-3-9-17/h1-3,8-9,16H,4-7,10-15H2,(H,20,24)(H,21,25). The van der Waals surface area contributed by atoms with Crippen LogP contribution in [-0.4, -0.2) is 49.4 Å². The first-order valence-corrected chi connectivity index (χ1v) is 9.33. The molecule has 0 bridgehead atoms. The summed E-state index contributed by atoms with van der Waals surface area (Å²) in [5.41, 5.74) is 6.39. The van der Waals surface area contributed by atoms with E-state index in [2.05, 4.69) is 44.9 Å². The number of nitrogens with one attached hydrogen (secondary N) is 2. The van der Waals surface area contributed by atoms with Crippen LogP contribution >= 0.6 is 0 Å². The molecule has 1 heterocycles. The average molecular weight is 344 g/mol. The van der Waals surface area contributed by atoms with Crippen LogP contribution in [-0.2, 0) is 9.59 Å². The van der Waals surface area contributed by atoms with E-state index in [1.807, 2.05) is 6.07 Å². The van der Waals surface area contributed by atoms with Crippen molar-refractivity contribution in [1.29, 1.82) is 0 Å². The Labute approximate surface area is 149 Å². The molecule has 1 aromatic carbocycles. The molecule has 6 heteroatoms. The fraction of sp³-hybridized carbons (Fsp3) is 0.579. The van der Waals surface area contributed by atoms with Crippen molar-refractivity contribution >= 4 is 17.5 Å². The van der Waals surface area contributed by atoms with Crippen LogP contribution in [0.1, 0.15) is 32.1 Å². The van der Waals surface area contributed by atoms with Crippen molar-refractivity contribution in [3.05, 3.63) is 30.3 Å². The summed E-state index contributed by atoms with van der Waals surface area (Å²) in [5.74, 6) is -0.0782. The van der Waals surface area contributed by atoms with E-state index in [0.717, 1.165) is 58.4 Å². The molecule has 1 saturated heterocycles. The van der Waals surface area contributed by atoms with Crippen molar-refractivity contribution in [2.45, 2.75) is 32.1 Å². The quantitative estimate of drug-likeness (QED) is 0.795. The molecule has 2 amide bonds. The number of anilines is 1. The van der Waals surface area contributed by atoms with Crippen LogP contribution < -0.4 is 15.8 Å². The number of hydrogen-bond acceptors (Lipinski definition) is 4. The Bertz CT molecular complexity index is 564. The molecule has 25 heavy (non-hydrogen) atoms. The second kappa shape index (κ2) is 8.85. The molecular weight excluding hydrogens is 316 g/mol. The SMILES string of the molecule is O=C(CCN1CCN(c2ccccc2)CC1)NNC(=O)C1CCCC1. The van der Waals surface area contributed by atoms with Gasteiger partial charge in [0.2, 0.25) is 11.8 Å². The highest BCUT2D eigenvalue weighted by molar-refractivity contribution is 5.83. The fourth-order valence-electron chi connectivity index (χ4n) is 3.61. The summed E-state index contributed by atoms with van der Waals surface area (Å²) in [6.45, 7) is 4.59. The molecule has 2 aliphatic rings. The number of rotatable bonds is 5. The minimum atomic E-state index is -0.114. The minimum absolute atomic E-state index is 0.0395. The molecule has 3 rings (SSSR count). The topological polar surface area (TPSA) is 64.7 Å². The number of hydrazine groups is 1. The van der Waals surface area contributed by atoms with E-state index < -0.39 is 0 Å². The molecule has 0 atom stereocenters. The van der Waals surface area contributed by atoms with Gasteiger partial charge >= 0.3 is 0 Å². The molecule has 0 radical (unpaired) electrons. The fourth-order valence-corrected chi connectivity index (χ4v) is 3.61. The molecule has 2 fully saturated rings. The summed E-state index contributed by atoms with van der Waals surface area (Å²) in [7, 11) is 0. The lowest BCUT2D eigenvalue weighted by molar-refractivity contribution is -0.131. The number of piperazine rings is 1. The minimum Gasteiger partial charge on any atom is -0.369 e. The molecule has 1 aromatic rings. The van der Waals surface area contributed by atoms with Gasteiger partial charge in [-0.15, -0.1) is 0 Å². The highest BCUT2D eigenvalue weighted by atomic mass is 16.2. The zero-order chi connectivity index (χ0) is 17.5. The smallest absolute Gasteiger partial charge is 0.241 e. The van der Waals surface area contributed by atoms with Crippen LogP contribution in [0.3, 0.4) is 0 Å². The second-order valence-electron chi connectivity index (χ2n) is 6.93. The summed E-state index contributed by atoms with van der Waals surface area (Å²) in [4.78, 5) is 28.5. The Morgan fingerprint density at radius 3 is 2.32 bits per heavy atom. The Morgan fingerprint density at radius 2 is 1.64 bits per heavy atom. The Hall–Kier alpha value is -2.08. The maximum Gasteiger partial charge on any atom is 0.241 e. The summed E-state index contributed by atoms with van der Waals surface area (Å²) < 4.78 is 0. The predicted octanol–water partition coefficient (Wildman–Crippen LogP) is 1.54. The third kappa shape index (κ3) is 5.19. The third-order valence-electron chi connectivity index (χ3n) is 5.20. The molecular formula is C19H28N4O2. The summed E-state index contributed by atoms with van der Waals surface area (Å²) in [6, 6.07) is 10.4. The normalized spacial score (nSPS) is 19.0. The van der Waals surface area contributed by atoms with Gasteiger partial charge in [-0.25, -0.2) is 0 Å². The zero-order valence-corrected chi connectivity index (χ0v) is 14.7. The van der Waals surface area contributed by atoms with Gasteiger partial charge in [0.15, 0.2) is 0 Å². The number of carbonyl (C=O) groups excluding carboxylic acids is 2. The lowest BCUT2D eigenvalue weighted by Crippen LogP contribution is -2.48. The van der Waals surface area contributed by atoms with Gasteiger partial charge in [-0.1, -0.05) is 31.0 Å². The number of para-hydroxylation sites is 1. The maximum atomic E-state index is 11.9. The first-order chi connectivity index (χ1) is 12.2. The molecule has 2 N–H and O–H groups in total. The van der Waals surface area contributed by atoms with Crippen molar-refractivity contribution in [3.63, 3.8) is 0 Å². The van der Waals surface area contributed by atoms with Crippen LogP contribution in [0.15, 0.2) is 30.3 Å². The van der Waals surface area contributed by atoms with E-state index in [1.165, 1.54) is 5.69 Å². The van der Waals surface area contributed by atoms with Crippen molar-refractivity contribution in [2.75, 3.05) is 37.6 Å². The monoisotopic (exact) mass is 344 g/mol. The molecule has 0 unspecified atom stereocenters. The Kier molecular flexibility index (Phi) is 6.28.